The van der Waals surface area contributed by atoms with Crippen LogP contribution in [-0.2, 0) is 4.79 Å². The summed E-state index contributed by atoms with van der Waals surface area (Å²) in [5.41, 5.74) is 5.93. The fourth-order valence-corrected chi connectivity index (χ4v) is 2.52. The van der Waals surface area contributed by atoms with E-state index in [1.54, 1.807) is 7.05 Å². The number of hydrogen-bond donors (Lipinski definition) is 1. The molecule has 0 heterocycles. The van der Waals surface area contributed by atoms with Crippen LogP contribution in [0, 0.1) is 11.8 Å². The Bertz CT molecular complexity index is 235. The molecule has 0 radical (unpaired) electrons. The van der Waals surface area contributed by atoms with Gasteiger partial charge >= 0.3 is 0 Å². The summed E-state index contributed by atoms with van der Waals surface area (Å²) in [5.74, 6) is 0.587. The molecule has 1 saturated carbocycles. The molecule has 2 unspecified atom stereocenters. The highest BCUT2D eigenvalue weighted by Crippen LogP contribution is 2.33. The molecule has 1 amide bonds. The Morgan fingerprint density at radius 1 is 1.43 bits per heavy atom. The molecule has 0 aromatic rings. The van der Waals surface area contributed by atoms with E-state index >= 15 is 0 Å². The zero-order chi connectivity index (χ0) is 10.6. The third kappa shape index (κ3) is 2.34. The minimum Gasteiger partial charge on any atom is -0.365 e. The van der Waals surface area contributed by atoms with E-state index in [1.165, 1.54) is 19.3 Å². The molecule has 3 heteroatoms. The second-order valence-corrected chi connectivity index (χ2v) is 4.03. The zero-order valence-corrected chi connectivity index (χ0v) is 9.12. The molecular weight excluding hydrogens is 176 g/mol. The van der Waals surface area contributed by atoms with E-state index in [0.717, 1.165) is 12.8 Å². The maximum atomic E-state index is 11.2. The molecule has 1 rings (SSSR count). The van der Waals surface area contributed by atoms with E-state index in [0.29, 0.717) is 17.5 Å². The maximum absolute atomic E-state index is 11.2. The third-order valence-electron chi connectivity index (χ3n) is 3.28. The molecular formula is C11H20N2O. The first kappa shape index (κ1) is 11.2. The number of nitrogens with zero attached hydrogens (tertiary/aromatic N) is 1. The highest BCUT2D eigenvalue weighted by Gasteiger charge is 2.29. The summed E-state index contributed by atoms with van der Waals surface area (Å²) in [4.78, 5) is 15.2. The number of nitrogens with two attached hydrogens (primary N) is 1. The standard InChI is InChI=1S/C11H20N2O/c1-3-8-6-4-5-7-9(8)10(13-2)11(12)14/h8-9H,3-7H2,1-2H3,(H2,12,14)/b13-10+. The van der Waals surface area contributed by atoms with Crippen LogP contribution >= 0.6 is 0 Å². The molecule has 0 aromatic heterocycles. The first-order valence-corrected chi connectivity index (χ1v) is 5.47. The summed E-state index contributed by atoms with van der Waals surface area (Å²) < 4.78 is 0. The highest BCUT2D eigenvalue weighted by atomic mass is 16.1. The molecule has 80 valence electrons. The number of rotatable bonds is 3. The Labute approximate surface area is 85.8 Å². The zero-order valence-electron chi connectivity index (χ0n) is 9.12. The second kappa shape index (κ2) is 5.13. The van der Waals surface area contributed by atoms with Gasteiger partial charge in [-0.2, -0.15) is 0 Å². The minimum absolute atomic E-state index is 0.316. The number of aliphatic imine (C=N–C) groups is 1. The lowest BCUT2D eigenvalue weighted by molar-refractivity contribution is -0.112. The fourth-order valence-electron chi connectivity index (χ4n) is 2.52. The lowest BCUT2D eigenvalue weighted by atomic mass is 9.75. The van der Waals surface area contributed by atoms with Gasteiger partial charge in [-0.1, -0.05) is 26.2 Å². The van der Waals surface area contributed by atoms with Crippen molar-refractivity contribution in [1.29, 1.82) is 0 Å². The van der Waals surface area contributed by atoms with Gasteiger partial charge in [0.15, 0.2) is 0 Å². The van der Waals surface area contributed by atoms with Crippen molar-refractivity contribution in [2.24, 2.45) is 22.6 Å². The molecule has 3 nitrogen and oxygen atoms in total. The van der Waals surface area contributed by atoms with Gasteiger partial charge in [0.05, 0.1) is 0 Å². The minimum atomic E-state index is -0.335. The summed E-state index contributed by atoms with van der Waals surface area (Å²) in [6.45, 7) is 2.18. The van der Waals surface area contributed by atoms with Crippen LogP contribution in [0.1, 0.15) is 39.0 Å². The molecule has 2 atom stereocenters. The van der Waals surface area contributed by atoms with Crippen molar-refractivity contribution in [3.8, 4) is 0 Å². The Morgan fingerprint density at radius 2 is 2.07 bits per heavy atom. The topological polar surface area (TPSA) is 55.4 Å². The average Bonchev–Trinajstić information content (AvgIpc) is 2.19. The number of amides is 1. The van der Waals surface area contributed by atoms with Gasteiger partial charge < -0.3 is 5.73 Å². The summed E-state index contributed by atoms with van der Waals surface area (Å²) in [5, 5.41) is 0. The van der Waals surface area contributed by atoms with Gasteiger partial charge in [-0.05, 0) is 18.8 Å². The molecule has 0 saturated heterocycles. The number of primary amides is 1. The smallest absolute Gasteiger partial charge is 0.262 e. The van der Waals surface area contributed by atoms with Crippen LogP contribution in [0.15, 0.2) is 4.99 Å². The quantitative estimate of drug-likeness (QED) is 0.687. The van der Waals surface area contributed by atoms with Crippen LogP contribution in [0.2, 0.25) is 0 Å². The molecule has 0 bridgehead atoms. The van der Waals surface area contributed by atoms with Crippen LogP contribution < -0.4 is 5.73 Å². The van der Waals surface area contributed by atoms with Crippen molar-refractivity contribution >= 4 is 11.6 Å². The Hall–Kier alpha value is -0.860. The monoisotopic (exact) mass is 196 g/mol. The molecule has 1 aliphatic carbocycles. The van der Waals surface area contributed by atoms with Gasteiger partial charge in [-0.15, -0.1) is 0 Å². The van der Waals surface area contributed by atoms with E-state index in [9.17, 15) is 4.79 Å². The molecule has 2 N–H and O–H groups in total. The number of hydrogen-bond acceptors (Lipinski definition) is 2. The van der Waals surface area contributed by atoms with Crippen molar-refractivity contribution in [2.45, 2.75) is 39.0 Å². The van der Waals surface area contributed by atoms with Gasteiger partial charge in [-0.25, -0.2) is 0 Å². The van der Waals surface area contributed by atoms with Gasteiger partial charge in [0.1, 0.15) is 5.71 Å². The van der Waals surface area contributed by atoms with Crippen molar-refractivity contribution in [1.82, 2.24) is 0 Å². The van der Waals surface area contributed by atoms with E-state index in [-0.39, 0.29) is 5.91 Å². The SMILES string of the molecule is CCC1CCCCC1/C(=N\C)C(N)=O. The van der Waals surface area contributed by atoms with E-state index in [1.807, 2.05) is 0 Å². The van der Waals surface area contributed by atoms with E-state index in [4.69, 9.17) is 5.73 Å². The molecule has 1 fully saturated rings. The molecule has 14 heavy (non-hydrogen) atoms. The average molecular weight is 196 g/mol. The first-order chi connectivity index (χ1) is 6.70. The normalized spacial score (nSPS) is 28.9. The lowest BCUT2D eigenvalue weighted by Crippen LogP contribution is -2.36. The first-order valence-electron chi connectivity index (χ1n) is 5.47. The highest BCUT2D eigenvalue weighted by molar-refractivity contribution is 6.39. The Kier molecular flexibility index (Phi) is 4.11. The van der Waals surface area contributed by atoms with Gasteiger partial charge in [0.25, 0.3) is 5.91 Å². The van der Waals surface area contributed by atoms with Crippen LogP contribution in [0.5, 0.6) is 0 Å². The van der Waals surface area contributed by atoms with Crippen molar-refractivity contribution < 1.29 is 4.79 Å². The summed E-state index contributed by atoms with van der Waals surface area (Å²) >= 11 is 0. The summed E-state index contributed by atoms with van der Waals surface area (Å²) in [6.07, 6.45) is 5.90. The van der Waals surface area contributed by atoms with Crippen molar-refractivity contribution in [3.63, 3.8) is 0 Å². The van der Waals surface area contributed by atoms with Crippen molar-refractivity contribution in [2.75, 3.05) is 7.05 Å². The van der Waals surface area contributed by atoms with Gasteiger partial charge in [0.2, 0.25) is 0 Å². The van der Waals surface area contributed by atoms with Crippen LogP contribution in [-0.4, -0.2) is 18.7 Å². The predicted molar refractivity (Wildman–Crippen MR) is 58.3 cm³/mol. The van der Waals surface area contributed by atoms with Crippen molar-refractivity contribution in [3.05, 3.63) is 0 Å². The molecule has 1 aliphatic rings. The molecule has 0 aromatic carbocycles. The van der Waals surface area contributed by atoms with Crippen LogP contribution in [0.4, 0.5) is 0 Å². The fraction of sp³-hybridized carbons (Fsp3) is 0.818. The number of carbonyl (C=O) groups excluding carboxylic acids is 1. The number of carbonyl (C=O) groups is 1. The van der Waals surface area contributed by atoms with E-state index in [2.05, 4.69) is 11.9 Å². The Morgan fingerprint density at radius 3 is 2.57 bits per heavy atom. The van der Waals surface area contributed by atoms with Crippen LogP contribution in [0.25, 0.3) is 0 Å². The predicted octanol–water partition coefficient (Wildman–Crippen LogP) is 1.76. The second-order valence-electron chi connectivity index (χ2n) is 4.03. The van der Waals surface area contributed by atoms with Gasteiger partial charge in [-0.3, -0.25) is 9.79 Å². The lowest BCUT2D eigenvalue weighted by Gasteiger charge is -2.30. The summed E-state index contributed by atoms with van der Waals surface area (Å²) in [7, 11) is 1.67. The maximum Gasteiger partial charge on any atom is 0.262 e. The largest absolute Gasteiger partial charge is 0.365 e. The molecule has 0 spiro atoms. The Balaban J connectivity index is 2.76. The third-order valence-corrected chi connectivity index (χ3v) is 3.28. The summed E-state index contributed by atoms with van der Waals surface area (Å²) in [6, 6.07) is 0. The molecule has 0 aliphatic heterocycles. The van der Waals surface area contributed by atoms with Gasteiger partial charge in [0, 0.05) is 13.0 Å². The van der Waals surface area contributed by atoms with Crippen LogP contribution in [0.3, 0.4) is 0 Å². The van der Waals surface area contributed by atoms with E-state index < -0.39 is 0 Å².